The van der Waals surface area contributed by atoms with Gasteiger partial charge in [0.1, 0.15) is 0 Å². The molecule has 0 atom stereocenters. The summed E-state index contributed by atoms with van der Waals surface area (Å²) in [6.45, 7) is 0. The number of hydrogen-bond donors (Lipinski definition) is 0. The van der Waals surface area contributed by atoms with E-state index in [0.29, 0.717) is 12.0 Å². The molecule has 2 aromatic carbocycles. The Kier molecular flexibility index (Phi) is 5.26. The van der Waals surface area contributed by atoms with Crippen molar-refractivity contribution >= 4 is 17.8 Å². The van der Waals surface area contributed by atoms with Gasteiger partial charge < -0.3 is 4.90 Å². The number of rotatable bonds is 5. The van der Waals surface area contributed by atoms with Crippen molar-refractivity contribution in [3.05, 3.63) is 77.4 Å². The third-order valence-electron chi connectivity index (χ3n) is 3.30. The van der Waals surface area contributed by atoms with Gasteiger partial charge in [0.15, 0.2) is 5.78 Å². The Bertz CT molecular complexity index is 670. The SMILES string of the molecule is CN(C)C(=O)/C=C/c1ccc(C(=O)Cc2ccccc2)cc1. The summed E-state index contributed by atoms with van der Waals surface area (Å²) < 4.78 is 0. The zero-order chi connectivity index (χ0) is 15.9. The molecule has 0 spiro atoms. The van der Waals surface area contributed by atoms with Gasteiger partial charge in [0.25, 0.3) is 0 Å². The van der Waals surface area contributed by atoms with Gasteiger partial charge in [0.05, 0.1) is 0 Å². The van der Waals surface area contributed by atoms with E-state index in [0.717, 1.165) is 11.1 Å². The number of Topliss-reactive ketones (excluding diaryl/α,β-unsaturated/α-hetero) is 1. The number of amides is 1. The van der Waals surface area contributed by atoms with E-state index in [1.165, 1.54) is 11.0 Å². The lowest BCUT2D eigenvalue weighted by Crippen LogP contribution is -2.18. The van der Waals surface area contributed by atoms with Gasteiger partial charge in [-0.3, -0.25) is 9.59 Å². The van der Waals surface area contributed by atoms with Crippen LogP contribution in [0.1, 0.15) is 21.5 Å². The van der Waals surface area contributed by atoms with Crippen LogP contribution in [0.4, 0.5) is 0 Å². The van der Waals surface area contributed by atoms with Crippen LogP contribution < -0.4 is 0 Å². The molecule has 0 aliphatic heterocycles. The molecule has 0 fully saturated rings. The van der Waals surface area contributed by atoms with Crippen LogP contribution >= 0.6 is 0 Å². The number of benzene rings is 2. The number of nitrogens with zero attached hydrogens (tertiary/aromatic N) is 1. The summed E-state index contributed by atoms with van der Waals surface area (Å²) in [6.07, 6.45) is 3.66. The van der Waals surface area contributed by atoms with Crippen molar-refractivity contribution in [1.29, 1.82) is 0 Å². The summed E-state index contributed by atoms with van der Waals surface area (Å²) in [6, 6.07) is 17.0. The topological polar surface area (TPSA) is 37.4 Å². The van der Waals surface area contributed by atoms with Crippen LogP contribution in [0, 0.1) is 0 Å². The van der Waals surface area contributed by atoms with E-state index in [1.807, 2.05) is 42.5 Å². The van der Waals surface area contributed by atoms with Crippen molar-refractivity contribution in [3.63, 3.8) is 0 Å². The summed E-state index contributed by atoms with van der Waals surface area (Å²) in [5.74, 6) is 0.0235. The van der Waals surface area contributed by atoms with E-state index in [9.17, 15) is 9.59 Å². The highest BCUT2D eigenvalue weighted by Gasteiger charge is 2.06. The first-order chi connectivity index (χ1) is 10.6. The third-order valence-corrected chi connectivity index (χ3v) is 3.30. The van der Waals surface area contributed by atoms with E-state index in [2.05, 4.69) is 0 Å². The summed E-state index contributed by atoms with van der Waals surface area (Å²) in [5, 5.41) is 0. The van der Waals surface area contributed by atoms with Crippen molar-refractivity contribution in [2.24, 2.45) is 0 Å². The Morgan fingerprint density at radius 1 is 0.955 bits per heavy atom. The molecule has 1 amide bonds. The number of carbonyl (C=O) groups is 2. The molecule has 0 saturated heterocycles. The molecule has 0 N–H and O–H groups in total. The first kappa shape index (κ1) is 15.7. The summed E-state index contributed by atoms with van der Waals surface area (Å²) in [4.78, 5) is 25.2. The van der Waals surface area contributed by atoms with Crippen LogP contribution in [-0.4, -0.2) is 30.7 Å². The molecule has 2 rings (SSSR count). The molecule has 0 aliphatic rings. The highest BCUT2D eigenvalue weighted by Crippen LogP contribution is 2.10. The van der Waals surface area contributed by atoms with Gasteiger partial charge in [-0.2, -0.15) is 0 Å². The van der Waals surface area contributed by atoms with E-state index < -0.39 is 0 Å². The Morgan fingerprint density at radius 3 is 2.18 bits per heavy atom. The molecule has 0 aliphatic carbocycles. The number of hydrogen-bond acceptors (Lipinski definition) is 2. The molecular formula is C19H19NO2. The van der Waals surface area contributed by atoms with Crippen LogP contribution in [0.25, 0.3) is 6.08 Å². The maximum atomic E-state index is 12.2. The zero-order valence-corrected chi connectivity index (χ0v) is 12.8. The highest BCUT2D eigenvalue weighted by molar-refractivity contribution is 5.97. The first-order valence-electron chi connectivity index (χ1n) is 7.13. The molecule has 0 radical (unpaired) electrons. The molecule has 3 nitrogen and oxygen atoms in total. The molecular weight excluding hydrogens is 274 g/mol. The van der Waals surface area contributed by atoms with Crippen molar-refractivity contribution in [2.45, 2.75) is 6.42 Å². The second-order valence-electron chi connectivity index (χ2n) is 5.27. The Morgan fingerprint density at radius 2 is 1.59 bits per heavy atom. The minimum atomic E-state index is -0.0655. The van der Waals surface area contributed by atoms with E-state index in [4.69, 9.17) is 0 Å². The maximum Gasteiger partial charge on any atom is 0.246 e. The minimum absolute atomic E-state index is 0.0655. The van der Waals surface area contributed by atoms with Gasteiger partial charge in [-0.1, -0.05) is 54.6 Å². The van der Waals surface area contributed by atoms with Crippen LogP contribution in [0.5, 0.6) is 0 Å². The number of ketones is 1. The van der Waals surface area contributed by atoms with Crippen LogP contribution in [0.15, 0.2) is 60.7 Å². The van der Waals surface area contributed by atoms with Crippen molar-refractivity contribution < 1.29 is 9.59 Å². The smallest absolute Gasteiger partial charge is 0.246 e. The molecule has 2 aromatic rings. The average molecular weight is 293 g/mol. The van der Waals surface area contributed by atoms with E-state index in [-0.39, 0.29) is 11.7 Å². The lowest BCUT2D eigenvalue weighted by Gasteiger charge is -2.05. The lowest BCUT2D eigenvalue weighted by atomic mass is 10.0. The molecule has 0 saturated carbocycles. The minimum Gasteiger partial charge on any atom is -0.345 e. The fraction of sp³-hybridized carbons (Fsp3) is 0.158. The molecule has 0 heterocycles. The largest absolute Gasteiger partial charge is 0.345 e. The van der Waals surface area contributed by atoms with Crippen LogP contribution in [-0.2, 0) is 11.2 Å². The standard InChI is InChI=1S/C19H19NO2/c1-20(2)19(22)13-10-15-8-11-17(12-9-15)18(21)14-16-6-4-3-5-7-16/h3-13H,14H2,1-2H3/b13-10+. The van der Waals surface area contributed by atoms with Crippen LogP contribution in [0.3, 0.4) is 0 Å². The second-order valence-corrected chi connectivity index (χ2v) is 5.27. The monoisotopic (exact) mass is 293 g/mol. The molecule has 0 bridgehead atoms. The molecule has 22 heavy (non-hydrogen) atoms. The highest BCUT2D eigenvalue weighted by atomic mass is 16.2. The fourth-order valence-electron chi connectivity index (χ4n) is 1.98. The normalized spacial score (nSPS) is 10.6. The van der Waals surface area contributed by atoms with Gasteiger partial charge in [0, 0.05) is 32.2 Å². The third kappa shape index (κ3) is 4.42. The van der Waals surface area contributed by atoms with E-state index >= 15 is 0 Å². The average Bonchev–Trinajstić information content (AvgIpc) is 2.54. The summed E-state index contributed by atoms with van der Waals surface area (Å²) in [5.41, 5.74) is 2.58. The fourth-order valence-corrected chi connectivity index (χ4v) is 1.98. The van der Waals surface area contributed by atoms with Gasteiger partial charge >= 0.3 is 0 Å². The van der Waals surface area contributed by atoms with E-state index in [1.54, 1.807) is 32.3 Å². The van der Waals surface area contributed by atoms with Gasteiger partial charge in [-0.15, -0.1) is 0 Å². The molecule has 3 heteroatoms. The molecule has 112 valence electrons. The zero-order valence-electron chi connectivity index (χ0n) is 12.8. The van der Waals surface area contributed by atoms with Gasteiger partial charge in [0.2, 0.25) is 5.91 Å². The Balaban J connectivity index is 2.02. The quantitative estimate of drug-likeness (QED) is 0.627. The first-order valence-corrected chi connectivity index (χ1v) is 7.13. The van der Waals surface area contributed by atoms with Gasteiger partial charge in [-0.05, 0) is 17.2 Å². The predicted octanol–water partition coefficient (Wildman–Crippen LogP) is 3.21. The second kappa shape index (κ2) is 7.36. The summed E-state index contributed by atoms with van der Waals surface area (Å²) in [7, 11) is 3.41. The van der Waals surface area contributed by atoms with Crippen molar-refractivity contribution in [3.8, 4) is 0 Å². The number of likely N-dealkylation sites (N-methyl/N-ethyl adjacent to an activating group) is 1. The Labute approximate surface area is 130 Å². The molecule has 0 unspecified atom stereocenters. The van der Waals surface area contributed by atoms with Crippen molar-refractivity contribution in [1.82, 2.24) is 4.90 Å². The van der Waals surface area contributed by atoms with Crippen LogP contribution in [0.2, 0.25) is 0 Å². The number of carbonyl (C=O) groups excluding carboxylic acids is 2. The molecule has 0 aromatic heterocycles. The maximum absolute atomic E-state index is 12.2. The van der Waals surface area contributed by atoms with Gasteiger partial charge in [-0.25, -0.2) is 0 Å². The summed E-state index contributed by atoms with van der Waals surface area (Å²) >= 11 is 0. The lowest BCUT2D eigenvalue weighted by molar-refractivity contribution is -0.123. The predicted molar refractivity (Wildman–Crippen MR) is 88.6 cm³/mol. The Hall–Kier alpha value is -2.68. The van der Waals surface area contributed by atoms with Crippen molar-refractivity contribution in [2.75, 3.05) is 14.1 Å².